The molecule has 0 fully saturated rings. The first-order chi connectivity index (χ1) is 26.7. The molecule has 9 rings (SSSR count). The number of benzene rings is 5. The van der Waals surface area contributed by atoms with Crippen molar-refractivity contribution in [2.75, 3.05) is 0 Å². The Labute approximate surface area is 314 Å². The van der Waals surface area contributed by atoms with Gasteiger partial charge in [0, 0.05) is 34.6 Å². The maximum absolute atomic E-state index is 5.05. The van der Waals surface area contributed by atoms with Crippen molar-refractivity contribution in [2.45, 2.75) is 0 Å². The van der Waals surface area contributed by atoms with Crippen LogP contribution in [-0.4, -0.2) is 24.9 Å². The van der Waals surface area contributed by atoms with Crippen LogP contribution in [0, 0.1) is 0 Å². The van der Waals surface area contributed by atoms with Crippen LogP contribution in [-0.2, 0) is 0 Å². The molecule has 4 aromatic heterocycles. The van der Waals surface area contributed by atoms with Gasteiger partial charge in [-0.3, -0.25) is 9.97 Å². The van der Waals surface area contributed by atoms with E-state index in [1.807, 2.05) is 72.9 Å². The Morgan fingerprint density at radius 2 is 0.741 bits per heavy atom. The first kappa shape index (κ1) is 32.5. The van der Waals surface area contributed by atoms with Crippen LogP contribution in [0.25, 0.3) is 90.1 Å². The molecule has 5 heteroatoms. The number of hydrogen-bond acceptors (Lipinski definition) is 5. The molecule has 0 unspecified atom stereocenters. The van der Waals surface area contributed by atoms with Crippen LogP contribution in [0.2, 0.25) is 0 Å². The van der Waals surface area contributed by atoms with Gasteiger partial charge in [-0.15, -0.1) is 0 Å². The molecule has 0 radical (unpaired) electrons. The molecule has 0 aliphatic carbocycles. The number of nitrogens with zero attached hydrogens (tertiary/aromatic N) is 5. The molecule has 0 saturated heterocycles. The second kappa shape index (κ2) is 14.7. The second-order valence-corrected chi connectivity index (χ2v) is 13.0. The average Bonchev–Trinajstić information content (AvgIpc) is 3.27. The fourth-order valence-corrected chi connectivity index (χ4v) is 6.60. The summed E-state index contributed by atoms with van der Waals surface area (Å²) in [5.41, 5.74) is 14.5. The number of hydrogen-bond donors (Lipinski definition) is 0. The van der Waals surface area contributed by atoms with E-state index in [9.17, 15) is 0 Å². The van der Waals surface area contributed by atoms with E-state index in [2.05, 4.69) is 126 Å². The maximum Gasteiger partial charge on any atom is 0.160 e. The molecule has 0 atom stereocenters. The number of pyridine rings is 3. The van der Waals surface area contributed by atoms with Gasteiger partial charge in [0.15, 0.2) is 5.82 Å². The minimum Gasteiger partial charge on any atom is -0.255 e. The van der Waals surface area contributed by atoms with E-state index >= 15 is 0 Å². The average molecular weight is 692 g/mol. The van der Waals surface area contributed by atoms with Gasteiger partial charge in [-0.25, -0.2) is 15.0 Å². The number of rotatable bonds is 8. The Balaban J connectivity index is 1.04. The van der Waals surface area contributed by atoms with E-state index in [0.29, 0.717) is 5.82 Å². The van der Waals surface area contributed by atoms with E-state index < -0.39 is 0 Å². The Bertz CT molecular complexity index is 2610. The fraction of sp³-hybridized carbons (Fsp3) is 0. The molecule has 0 amide bonds. The smallest absolute Gasteiger partial charge is 0.160 e. The van der Waals surface area contributed by atoms with Gasteiger partial charge in [0.2, 0.25) is 0 Å². The Morgan fingerprint density at radius 1 is 0.241 bits per heavy atom. The highest BCUT2D eigenvalue weighted by atomic mass is 14.9. The van der Waals surface area contributed by atoms with Crippen molar-refractivity contribution in [2.24, 2.45) is 0 Å². The fourth-order valence-electron chi connectivity index (χ4n) is 6.60. The normalized spacial score (nSPS) is 11.0. The summed E-state index contributed by atoms with van der Waals surface area (Å²) in [5.74, 6) is 0.680. The molecule has 54 heavy (non-hydrogen) atoms. The zero-order valence-corrected chi connectivity index (χ0v) is 29.3. The van der Waals surface area contributed by atoms with Gasteiger partial charge in [0.25, 0.3) is 0 Å². The molecule has 0 saturated carbocycles. The quantitative estimate of drug-likeness (QED) is 0.159. The molecule has 5 aromatic carbocycles. The zero-order valence-electron chi connectivity index (χ0n) is 29.3. The molecule has 0 aliphatic rings. The standard InChI is InChI=1S/C49H33N5/c1-4-13-34(14-5-1)39-19-12-20-40(29-39)42-30-47(43-21-10-11-28-50-43)52-48(31-42)44-27-26-41(33-51-44)35-22-24-38(25-23-35)49-53-45(36-15-6-2-7-16-36)32-46(54-49)37-17-8-3-9-18-37/h1-33H. The van der Waals surface area contributed by atoms with Gasteiger partial charge >= 0.3 is 0 Å². The minimum absolute atomic E-state index is 0.680. The summed E-state index contributed by atoms with van der Waals surface area (Å²) in [6.45, 7) is 0. The van der Waals surface area contributed by atoms with Gasteiger partial charge in [-0.1, -0.05) is 146 Å². The highest BCUT2D eigenvalue weighted by Gasteiger charge is 2.14. The Morgan fingerprint density at radius 3 is 1.31 bits per heavy atom. The monoisotopic (exact) mass is 691 g/mol. The van der Waals surface area contributed by atoms with Crippen LogP contribution in [0.15, 0.2) is 200 Å². The van der Waals surface area contributed by atoms with Crippen molar-refractivity contribution in [3.05, 3.63) is 200 Å². The molecule has 254 valence electrons. The highest BCUT2D eigenvalue weighted by molar-refractivity contribution is 5.79. The van der Waals surface area contributed by atoms with Gasteiger partial charge in [0.1, 0.15) is 0 Å². The van der Waals surface area contributed by atoms with Crippen LogP contribution in [0.5, 0.6) is 0 Å². The number of aromatic nitrogens is 5. The van der Waals surface area contributed by atoms with Gasteiger partial charge in [0.05, 0.1) is 34.2 Å². The molecule has 0 N–H and O–H groups in total. The van der Waals surface area contributed by atoms with Gasteiger partial charge in [-0.05, 0) is 70.3 Å². The highest BCUT2D eigenvalue weighted by Crippen LogP contribution is 2.33. The summed E-state index contributed by atoms with van der Waals surface area (Å²) in [5, 5.41) is 0. The summed E-state index contributed by atoms with van der Waals surface area (Å²) in [7, 11) is 0. The van der Waals surface area contributed by atoms with Crippen LogP contribution in [0.1, 0.15) is 0 Å². The summed E-state index contributed by atoms with van der Waals surface area (Å²) >= 11 is 0. The third-order valence-corrected chi connectivity index (χ3v) is 9.42. The largest absolute Gasteiger partial charge is 0.255 e. The lowest BCUT2D eigenvalue weighted by atomic mass is 9.98. The first-order valence-corrected chi connectivity index (χ1v) is 17.9. The molecule has 5 nitrogen and oxygen atoms in total. The predicted octanol–water partition coefficient (Wildman–Crippen LogP) is 12.0. The van der Waals surface area contributed by atoms with Crippen molar-refractivity contribution in [1.29, 1.82) is 0 Å². The Kier molecular flexibility index (Phi) is 8.86. The third-order valence-electron chi connectivity index (χ3n) is 9.42. The van der Waals surface area contributed by atoms with Gasteiger partial charge < -0.3 is 0 Å². The maximum atomic E-state index is 5.05. The van der Waals surface area contributed by atoms with Crippen molar-refractivity contribution in [1.82, 2.24) is 24.9 Å². The van der Waals surface area contributed by atoms with Crippen LogP contribution in [0.4, 0.5) is 0 Å². The lowest BCUT2D eigenvalue weighted by Crippen LogP contribution is -1.96. The summed E-state index contributed by atoms with van der Waals surface area (Å²) in [6, 6.07) is 64.2. The summed E-state index contributed by atoms with van der Waals surface area (Å²) in [6.07, 6.45) is 3.71. The minimum atomic E-state index is 0.680. The van der Waals surface area contributed by atoms with Crippen molar-refractivity contribution < 1.29 is 0 Å². The van der Waals surface area contributed by atoms with E-state index in [-0.39, 0.29) is 0 Å². The Hall–Kier alpha value is -7.37. The topological polar surface area (TPSA) is 64.5 Å². The second-order valence-electron chi connectivity index (χ2n) is 13.0. The lowest BCUT2D eigenvalue weighted by Gasteiger charge is -2.11. The summed E-state index contributed by atoms with van der Waals surface area (Å²) in [4.78, 5) is 24.6. The zero-order chi connectivity index (χ0) is 36.1. The molecule has 0 bridgehead atoms. The van der Waals surface area contributed by atoms with E-state index in [1.165, 1.54) is 5.56 Å². The van der Waals surface area contributed by atoms with E-state index in [0.717, 1.165) is 78.7 Å². The van der Waals surface area contributed by atoms with E-state index in [4.69, 9.17) is 19.9 Å². The molecular formula is C49H33N5. The van der Waals surface area contributed by atoms with Crippen LogP contribution in [0.3, 0.4) is 0 Å². The van der Waals surface area contributed by atoms with Crippen LogP contribution < -0.4 is 0 Å². The van der Waals surface area contributed by atoms with Gasteiger partial charge in [-0.2, -0.15) is 0 Å². The lowest BCUT2D eigenvalue weighted by molar-refractivity contribution is 1.18. The van der Waals surface area contributed by atoms with Crippen molar-refractivity contribution >= 4 is 0 Å². The summed E-state index contributed by atoms with van der Waals surface area (Å²) < 4.78 is 0. The third kappa shape index (κ3) is 6.94. The predicted molar refractivity (Wildman–Crippen MR) is 219 cm³/mol. The van der Waals surface area contributed by atoms with Crippen molar-refractivity contribution in [3.8, 4) is 90.1 Å². The molecular weight excluding hydrogens is 659 g/mol. The molecule has 4 heterocycles. The van der Waals surface area contributed by atoms with Crippen molar-refractivity contribution in [3.63, 3.8) is 0 Å². The van der Waals surface area contributed by atoms with E-state index in [1.54, 1.807) is 6.20 Å². The molecule has 0 aliphatic heterocycles. The first-order valence-electron chi connectivity index (χ1n) is 17.9. The SMILES string of the molecule is c1ccc(-c2cccc(-c3cc(-c4ccccn4)nc(-c4ccc(-c5ccc(-c6nc(-c7ccccc7)cc(-c7ccccc7)n6)cc5)cn4)c3)c2)cc1. The molecule has 0 spiro atoms. The van der Waals surface area contributed by atoms with Crippen LogP contribution >= 0.6 is 0 Å². The molecule has 9 aromatic rings.